The topological polar surface area (TPSA) is 0 Å². The molecule has 0 N–H and O–H groups in total. The van der Waals surface area contributed by atoms with Crippen LogP contribution < -0.4 is 0 Å². The Morgan fingerprint density at radius 2 is 1.40 bits per heavy atom. The quantitative estimate of drug-likeness (QED) is 0.224. The average Bonchev–Trinajstić information content (AvgIpc) is 2.14. The zero-order valence-corrected chi connectivity index (χ0v) is 14.9. The molecular weight excluding hydrogens is 329 g/mol. The van der Waals surface area contributed by atoms with Crippen LogP contribution in [0.5, 0.6) is 0 Å². The molecule has 0 bridgehead atoms. The monoisotopic (exact) mass is 356 g/mol. The maximum Gasteiger partial charge on any atom is 0.239 e. The molecule has 0 nitrogen and oxygen atoms in total. The average molecular weight is 356 g/mol. The third-order valence-electron chi connectivity index (χ3n) is 2.76. The summed E-state index contributed by atoms with van der Waals surface area (Å²) in [5.74, 6) is 0. The van der Waals surface area contributed by atoms with E-state index in [1.165, 1.54) is 51.3 Å². The van der Waals surface area contributed by atoms with Crippen molar-refractivity contribution in [1.82, 2.24) is 0 Å². The second kappa shape index (κ2) is 11.9. The van der Waals surface area contributed by atoms with E-state index in [-0.39, 0.29) is 8.80 Å². The van der Waals surface area contributed by atoms with Gasteiger partial charge in [-0.25, -0.2) is 0 Å². The lowest BCUT2D eigenvalue weighted by molar-refractivity contribution is 0.601. The normalized spacial score (nSPS) is 11.0. The van der Waals surface area contributed by atoms with Crippen LogP contribution in [0.4, 0.5) is 0 Å². The molecule has 0 fully saturated rings. The molecule has 0 amide bonds. The van der Waals surface area contributed by atoms with Gasteiger partial charge in [-0.15, -0.1) is 22.4 Å². The third-order valence-corrected chi connectivity index (χ3v) is 5.28. The van der Waals surface area contributed by atoms with Gasteiger partial charge in [-0.05, 0) is 0 Å². The number of halogens is 1. The van der Waals surface area contributed by atoms with Crippen LogP contribution in [0, 0.1) is 0 Å². The van der Waals surface area contributed by atoms with Gasteiger partial charge in [-0.3, -0.25) is 0 Å². The molecule has 1 unspecified atom stereocenters. The summed E-state index contributed by atoms with van der Waals surface area (Å²) in [6.45, 7) is 4.92. The summed E-state index contributed by atoms with van der Waals surface area (Å²) in [4.78, 5) is 0. The number of unbranched alkanes of at least 4 members (excludes halogenated alkanes) is 6. The Morgan fingerprint density at radius 1 is 0.933 bits per heavy atom. The molecule has 0 aliphatic carbocycles. The van der Waals surface area contributed by atoms with Crippen molar-refractivity contribution in [3.05, 3.63) is 0 Å². The molecule has 0 aromatic heterocycles. The van der Waals surface area contributed by atoms with Crippen LogP contribution in [0.3, 0.4) is 0 Å². The van der Waals surface area contributed by atoms with E-state index >= 15 is 0 Å². The summed E-state index contributed by atoms with van der Waals surface area (Å²) in [5, 5.41) is 0. The Bertz CT molecular complexity index is 120. The maximum atomic E-state index is 2.88. The fourth-order valence-corrected chi connectivity index (χ4v) is 3.56. The molecule has 0 saturated heterocycles. The Hall–Kier alpha value is 1.44. The van der Waals surface area contributed by atoms with Crippen molar-refractivity contribution in [2.45, 2.75) is 70.4 Å². The summed E-state index contributed by atoms with van der Waals surface area (Å²) < 4.78 is 0.790. The third kappa shape index (κ3) is 15.4. The molecule has 90 valence electrons. The first kappa shape index (κ1) is 16.4. The lowest BCUT2D eigenvalue weighted by Gasteiger charge is -2.03. The molecule has 0 aliphatic heterocycles. The van der Waals surface area contributed by atoms with Gasteiger partial charge in [0, 0.05) is 8.80 Å². The van der Waals surface area contributed by atoms with Gasteiger partial charge < -0.3 is 0 Å². The molecule has 0 saturated carbocycles. The largest absolute Gasteiger partial charge is 0.239 e. The van der Waals surface area contributed by atoms with Crippen LogP contribution in [0.1, 0.15) is 44.9 Å². The van der Waals surface area contributed by atoms with E-state index in [1.54, 1.807) is 6.04 Å². The van der Waals surface area contributed by atoms with Crippen molar-refractivity contribution in [2.24, 2.45) is 0 Å². The molecule has 0 aromatic rings. The predicted octanol–water partition coefficient (Wildman–Crippen LogP) is 5.00. The van der Waals surface area contributed by atoms with Gasteiger partial charge in [0.2, 0.25) is 4.29 Å². The van der Waals surface area contributed by atoms with Gasteiger partial charge in [0.05, 0.1) is 0 Å². The summed E-state index contributed by atoms with van der Waals surface area (Å²) in [6.07, 6.45) is 11.7. The highest BCUT2D eigenvalue weighted by molar-refractivity contribution is 14.1. The van der Waals surface area contributed by atoms with Gasteiger partial charge in [-0.1, -0.05) is 70.4 Å². The van der Waals surface area contributed by atoms with Crippen molar-refractivity contribution < 1.29 is 0 Å². The van der Waals surface area contributed by atoms with E-state index in [2.05, 4.69) is 44.6 Å². The Morgan fingerprint density at radius 3 is 1.87 bits per heavy atom. The summed E-state index contributed by atoms with van der Waals surface area (Å²) in [6, 6.07) is 1.56. The fraction of sp³-hybridized carbons (Fsp3) is 1.00. The zero-order chi connectivity index (χ0) is 11.5. The van der Waals surface area contributed by atoms with Crippen LogP contribution in [0.15, 0.2) is 0 Å². The van der Waals surface area contributed by atoms with Gasteiger partial charge in [0.25, 0.3) is 0 Å². The predicted molar refractivity (Wildman–Crippen MR) is 90.3 cm³/mol. The van der Waals surface area contributed by atoms with Crippen LogP contribution >= 0.6 is 31.5 Å². The van der Waals surface area contributed by atoms with Crippen molar-refractivity contribution in [2.75, 3.05) is 0 Å². The highest BCUT2D eigenvalue weighted by atomic mass is 127. The second-order valence-electron chi connectivity index (χ2n) is 4.96. The van der Waals surface area contributed by atoms with E-state index in [1.807, 2.05) is 0 Å². The first-order valence-electron chi connectivity index (χ1n) is 6.52. The van der Waals surface area contributed by atoms with Crippen LogP contribution in [-0.2, 0) is 0 Å². The minimum atomic E-state index is -0.255. The van der Waals surface area contributed by atoms with E-state index in [4.69, 9.17) is 0 Å². The molecule has 4 heteroatoms. The lowest BCUT2D eigenvalue weighted by atomic mass is 9.96. The van der Waals surface area contributed by atoms with Crippen molar-refractivity contribution in [3.8, 4) is 0 Å². The van der Waals surface area contributed by atoms with E-state index in [0.717, 1.165) is 4.29 Å². The molecule has 0 aliphatic rings. The molecular formula is C11H27BIPSi. The summed E-state index contributed by atoms with van der Waals surface area (Å²) >= 11 is 2.49. The standard InChI is InChI=1S/C11H27BIPSi/c1-15(2)11-9-7-5-3-4-6-8-10-12(13)14/h15H,3-11,14H2,1-2H3. The van der Waals surface area contributed by atoms with Crippen molar-refractivity contribution in [1.29, 1.82) is 0 Å². The highest BCUT2D eigenvalue weighted by Crippen LogP contribution is 2.16. The minimum Gasteiger partial charge on any atom is -0.159 e. The number of hydrogen-bond acceptors (Lipinski definition) is 0. The van der Waals surface area contributed by atoms with E-state index < -0.39 is 0 Å². The number of hydrogen-bond donors (Lipinski definition) is 0. The van der Waals surface area contributed by atoms with Gasteiger partial charge in [0.1, 0.15) is 0 Å². The second-order valence-corrected chi connectivity index (χ2v) is 12.1. The Balaban J connectivity index is 2.93. The first-order valence-corrected chi connectivity index (χ1v) is 11.6. The summed E-state index contributed by atoms with van der Waals surface area (Å²) in [7, 11) is 2.62. The minimum absolute atomic E-state index is 0.255. The first-order chi connectivity index (χ1) is 7.13. The van der Waals surface area contributed by atoms with Crippen LogP contribution in [0.25, 0.3) is 0 Å². The highest BCUT2D eigenvalue weighted by Gasteiger charge is 2.00. The van der Waals surface area contributed by atoms with Crippen molar-refractivity contribution in [3.63, 3.8) is 0 Å². The van der Waals surface area contributed by atoms with Gasteiger partial charge in [-0.2, -0.15) is 9.12 Å². The molecule has 0 spiro atoms. The molecule has 0 radical (unpaired) electrons. The molecule has 15 heavy (non-hydrogen) atoms. The maximum absolute atomic E-state index is 2.88. The molecule has 0 rings (SSSR count). The van der Waals surface area contributed by atoms with E-state index in [9.17, 15) is 0 Å². The molecule has 0 aromatic carbocycles. The van der Waals surface area contributed by atoms with Gasteiger partial charge in [0.15, 0.2) is 0 Å². The van der Waals surface area contributed by atoms with Gasteiger partial charge >= 0.3 is 0 Å². The SMILES string of the molecule is C[SiH](C)CCCCCCCCCB(P)I. The number of rotatable bonds is 10. The van der Waals surface area contributed by atoms with E-state index in [0.29, 0.717) is 0 Å². The fourth-order valence-electron chi connectivity index (χ4n) is 1.78. The molecule has 0 heterocycles. The van der Waals surface area contributed by atoms with Crippen molar-refractivity contribution >= 4 is 44.6 Å². The Kier molecular flexibility index (Phi) is 13.1. The Labute approximate surface area is 114 Å². The molecule has 1 atom stereocenters. The lowest BCUT2D eigenvalue weighted by Crippen LogP contribution is -1.97. The summed E-state index contributed by atoms with van der Waals surface area (Å²) in [5.41, 5.74) is 0. The van der Waals surface area contributed by atoms with Crippen LogP contribution in [-0.4, -0.2) is 13.1 Å². The smallest absolute Gasteiger partial charge is 0.159 e. The van der Waals surface area contributed by atoms with Crippen LogP contribution in [0.2, 0.25) is 25.5 Å². The zero-order valence-electron chi connectivity index (χ0n) is 10.5.